The lowest BCUT2D eigenvalue weighted by molar-refractivity contribution is -0.134. The van der Waals surface area contributed by atoms with E-state index in [9.17, 15) is 14.4 Å². The molecule has 2 saturated heterocycles. The highest BCUT2D eigenvalue weighted by Crippen LogP contribution is 2.22. The van der Waals surface area contributed by atoms with Gasteiger partial charge in [-0.05, 0) is 37.1 Å². The molecule has 1 aromatic rings. The van der Waals surface area contributed by atoms with Gasteiger partial charge in [-0.3, -0.25) is 14.4 Å². The van der Waals surface area contributed by atoms with E-state index < -0.39 is 6.04 Å². The van der Waals surface area contributed by atoms with Crippen LogP contribution in [0.2, 0.25) is 0 Å². The molecule has 2 aliphatic heterocycles. The van der Waals surface area contributed by atoms with E-state index in [4.69, 9.17) is 9.47 Å². The SMILES string of the molecule is COc1ccc(NC(=O)C2CCCN2C(=O)CSCC(=O)N2CCOCC2)cc1. The fourth-order valence-electron chi connectivity index (χ4n) is 3.45. The summed E-state index contributed by atoms with van der Waals surface area (Å²) in [6, 6.07) is 6.61. The Labute approximate surface area is 174 Å². The molecule has 2 fully saturated rings. The zero-order valence-corrected chi connectivity index (χ0v) is 17.4. The van der Waals surface area contributed by atoms with Crippen LogP contribution in [0.3, 0.4) is 0 Å². The molecule has 3 amide bonds. The fraction of sp³-hybridized carbons (Fsp3) is 0.550. The lowest BCUT2D eigenvalue weighted by Crippen LogP contribution is -2.44. The van der Waals surface area contributed by atoms with Crippen molar-refractivity contribution in [1.29, 1.82) is 0 Å². The molecule has 158 valence electrons. The molecule has 2 aliphatic rings. The van der Waals surface area contributed by atoms with E-state index in [1.807, 2.05) is 0 Å². The maximum absolute atomic E-state index is 12.7. The first-order valence-corrected chi connectivity index (χ1v) is 10.9. The molecular weight excluding hydrogens is 394 g/mol. The monoisotopic (exact) mass is 421 g/mol. The number of morpholine rings is 1. The van der Waals surface area contributed by atoms with Gasteiger partial charge in [0, 0.05) is 25.3 Å². The van der Waals surface area contributed by atoms with Crippen LogP contribution in [-0.2, 0) is 19.1 Å². The molecule has 29 heavy (non-hydrogen) atoms. The average Bonchev–Trinajstić information content (AvgIpc) is 3.25. The highest BCUT2D eigenvalue weighted by atomic mass is 32.2. The third-order valence-corrected chi connectivity index (χ3v) is 5.95. The van der Waals surface area contributed by atoms with Crippen LogP contribution in [0.1, 0.15) is 12.8 Å². The molecule has 1 N–H and O–H groups in total. The maximum Gasteiger partial charge on any atom is 0.247 e. The number of anilines is 1. The smallest absolute Gasteiger partial charge is 0.247 e. The van der Waals surface area contributed by atoms with Crippen LogP contribution >= 0.6 is 11.8 Å². The average molecular weight is 422 g/mol. The number of hydrogen-bond donors (Lipinski definition) is 1. The zero-order chi connectivity index (χ0) is 20.6. The van der Waals surface area contributed by atoms with Gasteiger partial charge in [-0.1, -0.05) is 0 Å². The minimum absolute atomic E-state index is 0.0290. The first-order valence-electron chi connectivity index (χ1n) is 9.76. The van der Waals surface area contributed by atoms with Gasteiger partial charge in [0.1, 0.15) is 11.8 Å². The number of thioether (sulfide) groups is 1. The summed E-state index contributed by atoms with van der Waals surface area (Å²) in [6.45, 7) is 2.90. The summed E-state index contributed by atoms with van der Waals surface area (Å²) < 4.78 is 10.4. The van der Waals surface area contributed by atoms with Crippen LogP contribution in [0.25, 0.3) is 0 Å². The van der Waals surface area contributed by atoms with Gasteiger partial charge in [-0.25, -0.2) is 0 Å². The Morgan fingerprint density at radius 2 is 1.79 bits per heavy atom. The number of nitrogens with zero attached hydrogens (tertiary/aromatic N) is 2. The minimum Gasteiger partial charge on any atom is -0.497 e. The van der Waals surface area contributed by atoms with Crippen LogP contribution in [0.4, 0.5) is 5.69 Å². The van der Waals surface area contributed by atoms with Crippen molar-refractivity contribution < 1.29 is 23.9 Å². The lowest BCUT2D eigenvalue weighted by atomic mass is 10.2. The topological polar surface area (TPSA) is 88.2 Å². The number of carbonyl (C=O) groups is 3. The van der Waals surface area contributed by atoms with E-state index in [0.717, 1.165) is 6.42 Å². The number of ether oxygens (including phenoxy) is 2. The van der Waals surface area contributed by atoms with Gasteiger partial charge in [0.2, 0.25) is 17.7 Å². The van der Waals surface area contributed by atoms with Gasteiger partial charge >= 0.3 is 0 Å². The zero-order valence-electron chi connectivity index (χ0n) is 16.6. The van der Waals surface area contributed by atoms with Crippen LogP contribution in [-0.4, -0.2) is 85.0 Å². The van der Waals surface area contributed by atoms with Gasteiger partial charge in [-0.2, -0.15) is 0 Å². The highest BCUT2D eigenvalue weighted by Gasteiger charge is 2.34. The van der Waals surface area contributed by atoms with Crippen LogP contribution in [0.5, 0.6) is 5.75 Å². The van der Waals surface area contributed by atoms with Crippen molar-refractivity contribution in [2.24, 2.45) is 0 Å². The molecule has 8 nitrogen and oxygen atoms in total. The number of nitrogens with one attached hydrogen (secondary N) is 1. The summed E-state index contributed by atoms with van der Waals surface area (Å²) in [5.41, 5.74) is 0.667. The summed E-state index contributed by atoms with van der Waals surface area (Å²) in [4.78, 5) is 40.8. The van der Waals surface area contributed by atoms with Crippen molar-refractivity contribution in [3.8, 4) is 5.75 Å². The van der Waals surface area contributed by atoms with E-state index in [1.54, 1.807) is 41.2 Å². The van der Waals surface area contributed by atoms with Gasteiger partial charge in [-0.15, -0.1) is 11.8 Å². The molecule has 0 saturated carbocycles. The van der Waals surface area contributed by atoms with Gasteiger partial charge < -0.3 is 24.6 Å². The summed E-state index contributed by atoms with van der Waals surface area (Å²) in [5.74, 6) is 0.920. The molecule has 1 atom stereocenters. The standard InChI is InChI=1S/C20H27N3O5S/c1-27-16-6-4-15(5-7-16)21-20(26)17-3-2-8-23(17)19(25)14-29-13-18(24)22-9-11-28-12-10-22/h4-7,17H,2-3,8-14H2,1H3,(H,21,26). The number of likely N-dealkylation sites (tertiary alicyclic amines) is 1. The van der Waals surface area contributed by atoms with Crippen molar-refractivity contribution in [2.45, 2.75) is 18.9 Å². The van der Waals surface area contributed by atoms with Crippen molar-refractivity contribution >= 4 is 35.2 Å². The molecule has 9 heteroatoms. The quantitative estimate of drug-likeness (QED) is 0.712. The van der Waals surface area contributed by atoms with Crippen molar-refractivity contribution in [2.75, 3.05) is 56.8 Å². The first-order chi connectivity index (χ1) is 14.1. The fourth-order valence-corrected chi connectivity index (χ4v) is 4.25. The Bertz CT molecular complexity index is 721. The van der Waals surface area contributed by atoms with Crippen LogP contribution < -0.4 is 10.1 Å². The summed E-state index contributed by atoms with van der Waals surface area (Å²) in [6.07, 6.45) is 1.44. The Kier molecular flexibility index (Phi) is 7.76. The van der Waals surface area contributed by atoms with Gasteiger partial charge in [0.05, 0.1) is 31.8 Å². The van der Waals surface area contributed by atoms with E-state index in [-0.39, 0.29) is 29.2 Å². The predicted molar refractivity (Wildman–Crippen MR) is 111 cm³/mol. The van der Waals surface area contributed by atoms with Crippen molar-refractivity contribution in [3.05, 3.63) is 24.3 Å². The van der Waals surface area contributed by atoms with Crippen LogP contribution in [0, 0.1) is 0 Å². The van der Waals surface area contributed by atoms with E-state index in [0.29, 0.717) is 50.7 Å². The number of methoxy groups -OCH3 is 1. The molecule has 1 aromatic carbocycles. The second kappa shape index (κ2) is 10.5. The first kappa shape index (κ1) is 21.4. The molecule has 0 aromatic heterocycles. The molecule has 1 unspecified atom stereocenters. The Morgan fingerprint density at radius 1 is 1.10 bits per heavy atom. The molecule has 0 spiro atoms. The third kappa shape index (κ3) is 5.86. The van der Waals surface area contributed by atoms with E-state index in [1.165, 1.54) is 11.8 Å². The van der Waals surface area contributed by atoms with Crippen molar-refractivity contribution in [3.63, 3.8) is 0 Å². The third-order valence-electron chi connectivity index (χ3n) is 5.05. The maximum atomic E-state index is 12.7. The molecule has 2 heterocycles. The number of amides is 3. The molecule has 0 aliphatic carbocycles. The Morgan fingerprint density at radius 3 is 2.48 bits per heavy atom. The normalized spacial score (nSPS) is 19.1. The van der Waals surface area contributed by atoms with E-state index in [2.05, 4.69) is 5.32 Å². The lowest BCUT2D eigenvalue weighted by Gasteiger charge is -2.27. The second-order valence-corrected chi connectivity index (χ2v) is 7.93. The summed E-state index contributed by atoms with van der Waals surface area (Å²) >= 11 is 1.30. The number of rotatable bonds is 7. The predicted octanol–water partition coefficient (Wildman–Crippen LogP) is 1.22. The number of benzene rings is 1. The summed E-state index contributed by atoms with van der Waals surface area (Å²) in [7, 11) is 1.59. The molecule has 3 rings (SSSR count). The molecular formula is C20H27N3O5S. The molecule has 0 bridgehead atoms. The Hall–Kier alpha value is -2.26. The van der Waals surface area contributed by atoms with Crippen molar-refractivity contribution in [1.82, 2.24) is 9.80 Å². The molecule has 0 radical (unpaired) electrons. The highest BCUT2D eigenvalue weighted by molar-refractivity contribution is 8.00. The summed E-state index contributed by atoms with van der Waals surface area (Å²) in [5, 5.41) is 2.87. The van der Waals surface area contributed by atoms with Gasteiger partial charge in [0.25, 0.3) is 0 Å². The number of hydrogen-bond acceptors (Lipinski definition) is 6. The Balaban J connectivity index is 1.46. The van der Waals surface area contributed by atoms with E-state index >= 15 is 0 Å². The van der Waals surface area contributed by atoms with Crippen LogP contribution in [0.15, 0.2) is 24.3 Å². The van der Waals surface area contributed by atoms with Gasteiger partial charge in [0.15, 0.2) is 0 Å². The second-order valence-electron chi connectivity index (χ2n) is 6.95. The minimum atomic E-state index is -0.472. The number of carbonyl (C=O) groups excluding carboxylic acids is 3. The largest absolute Gasteiger partial charge is 0.497 e.